The summed E-state index contributed by atoms with van der Waals surface area (Å²) in [5, 5.41) is 3.13. The van der Waals surface area contributed by atoms with Crippen molar-refractivity contribution in [2.45, 2.75) is 83.5 Å². The molecule has 1 saturated heterocycles. The Balaban J connectivity index is 1.17. The van der Waals surface area contributed by atoms with Gasteiger partial charge in [0, 0.05) is 44.2 Å². The van der Waals surface area contributed by atoms with E-state index in [1.165, 1.54) is 48.8 Å². The Kier molecular flexibility index (Phi) is 4.87. The van der Waals surface area contributed by atoms with Crippen LogP contribution in [0.25, 0.3) is 0 Å². The summed E-state index contributed by atoms with van der Waals surface area (Å²) in [6, 6.07) is 0.801. The van der Waals surface area contributed by atoms with Crippen LogP contribution < -0.4 is 5.32 Å². The second-order valence-corrected chi connectivity index (χ2v) is 10.7. The molecule has 1 aromatic rings. The Labute approximate surface area is 180 Å². The summed E-state index contributed by atoms with van der Waals surface area (Å²) in [5.74, 6) is 3.97. The number of aryl methyl sites for hydroxylation is 1. The van der Waals surface area contributed by atoms with Crippen LogP contribution in [-0.4, -0.2) is 41.1 Å². The molecule has 30 heavy (non-hydrogen) atoms. The zero-order valence-electron chi connectivity index (χ0n) is 18.2. The van der Waals surface area contributed by atoms with Crippen molar-refractivity contribution in [2.75, 3.05) is 13.2 Å². The summed E-state index contributed by atoms with van der Waals surface area (Å²) in [6.07, 6.45) is 12.2. The first-order chi connectivity index (χ1) is 14.7. The molecular weight excluding hydrogens is 374 g/mol. The van der Waals surface area contributed by atoms with Gasteiger partial charge in [0.05, 0.1) is 0 Å². The van der Waals surface area contributed by atoms with Crippen LogP contribution in [0.5, 0.6) is 0 Å². The molecule has 4 saturated carbocycles. The van der Waals surface area contributed by atoms with E-state index in [2.05, 4.69) is 23.3 Å². The molecule has 0 aromatic carbocycles. The molecule has 0 spiro atoms. The van der Waals surface area contributed by atoms with Crippen molar-refractivity contribution in [2.24, 2.45) is 23.7 Å². The lowest BCUT2D eigenvalue weighted by atomic mass is 9.53. The highest BCUT2D eigenvalue weighted by Crippen LogP contribution is 2.55. The lowest BCUT2D eigenvalue weighted by Gasteiger charge is -2.58. The van der Waals surface area contributed by atoms with Gasteiger partial charge in [-0.15, -0.1) is 0 Å². The number of ether oxygens (including phenoxy) is 1. The summed E-state index contributed by atoms with van der Waals surface area (Å²) in [7, 11) is 0. The van der Waals surface area contributed by atoms with Crippen molar-refractivity contribution in [3.8, 4) is 0 Å². The third-order valence-electron chi connectivity index (χ3n) is 8.89. The van der Waals surface area contributed by atoms with Crippen molar-refractivity contribution < 1.29 is 9.53 Å². The van der Waals surface area contributed by atoms with Gasteiger partial charge in [0.25, 0.3) is 0 Å². The highest BCUT2D eigenvalue weighted by Gasteiger charge is 2.50. The molecule has 1 N–H and O–H groups in total. The fourth-order valence-corrected chi connectivity index (χ4v) is 7.80. The van der Waals surface area contributed by atoms with Gasteiger partial charge in [-0.25, -0.2) is 0 Å². The fraction of sp³-hybridized carbons (Fsp3) is 0.760. The molecule has 7 rings (SSSR count). The number of nitrogens with one attached hydrogen (secondary N) is 1. The fourth-order valence-electron chi connectivity index (χ4n) is 7.80. The first-order valence-electron chi connectivity index (χ1n) is 12.2. The number of carbonyl (C=O) groups is 1. The molecule has 5 fully saturated rings. The second-order valence-electron chi connectivity index (χ2n) is 10.7. The van der Waals surface area contributed by atoms with E-state index >= 15 is 0 Å². The van der Waals surface area contributed by atoms with E-state index < -0.39 is 0 Å². The van der Waals surface area contributed by atoms with E-state index in [4.69, 9.17) is 9.72 Å². The summed E-state index contributed by atoms with van der Waals surface area (Å²) in [5.41, 5.74) is 5.13. The van der Waals surface area contributed by atoms with Crippen molar-refractivity contribution in [1.82, 2.24) is 15.2 Å². The van der Waals surface area contributed by atoms with Crippen LogP contribution >= 0.6 is 0 Å². The maximum absolute atomic E-state index is 12.4. The number of hydrogen-bond acceptors (Lipinski definition) is 4. The first kappa shape index (κ1) is 19.2. The monoisotopic (exact) mass is 409 g/mol. The number of pyridine rings is 1. The third-order valence-corrected chi connectivity index (χ3v) is 8.89. The van der Waals surface area contributed by atoms with Crippen molar-refractivity contribution in [3.05, 3.63) is 28.6 Å². The van der Waals surface area contributed by atoms with E-state index in [0.717, 1.165) is 67.8 Å². The van der Waals surface area contributed by atoms with Gasteiger partial charge < -0.3 is 10.1 Å². The lowest BCUT2D eigenvalue weighted by Crippen LogP contribution is -2.56. The van der Waals surface area contributed by atoms with Crippen LogP contribution in [0, 0.1) is 30.6 Å². The summed E-state index contributed by atoms with van der Waals surface area (Å²) in [6.45, 7) is 5.58. The SMILES string of the molecule is Cc1ncc2c(c1CNC(=O)C1CCCO1)CCN(C1C3CC4CC(C3)CC1C4)C2. The molecule has 5 heteroatoms. The van der Waals surface area contributed by atoms with Crippen LogP contribution in [0.4, 0.5) is 0 Å². The molecule has 1 aromatic heterocycles. The minimum Gasteiger partial charge on any atom is -0.368 e. The molecule has 1 unspecified atom stereocenters. The quantitative estimate of drug-likeness (QED) is 0.828. The maximum atomic E-state index is 12.4. The van der Waals surface area contributed by atoms with Crippen molar-refractivity contribution in [1.29, 1.82) is 0 Å². The largest absolute Gasteiger partial charge is 0.368 e. The lowest BCUT2D eigenvalue weighted by molar-refractivity contribution is -0.130. The first-order valence-corrected chi connectivity index (χ1v) is 12.2. The van der Waals surface area contributed by atoms with E-state index in [-0.39, 0.29) is 12.0 Å². The van der Waals surface area contributed by atoms with Crippen LogP contribution in [0.1, 0.15) is 67.3 Å². The topological polar surface area (TPSA) is 54.5 Å². The molecular formula is C25H35N3O2. The summed E-state index contributed by atoms with van der Waals surface area (Å²) in [4.78, 5) is 20.0. The highest BCUT2D eigenvalue weighted by molar-refractivity contribution is 5.81. The number of fused-ring (bicyclic) bond motifs is 1. The molecule has 2 aliphatic heterocycles. The highest BCUT2D eigenvalue weighted by atomic mass is 16.5. The molecule has 162 valence electrons. The predicted octanol–water partition coefficient (Wildman–Crippen LogP) is 3.37. The van der Waals surface area contributed by atoms with Gasteiger partial charge >= 0.3 is 0 Å². The van der Waals surface area contributed by atoms with Gasteiger partial charge in [-0.1, -0.05) is 0 Å². The van der Waals surface area contributed by atoms with Crippen molar-refractivity contribution >= 4 is 5.91 Å². The number of aromatic nitrogens is 1. The van der Waals surface area contributed by atoms with E-state index in [9.17, 15) is 4.79 Å². The van der Waals surface area contributed by atoms with Crippen molar-refractivity contribution in [3.63, 3.8) is 0 Å². The molecule has 1 atom stereocenters. The summed E-state index contributed by atoms with van der Waals surface area (Å²) >= 11 is 0. The number of rotatable bonds is 4. The Morgan fingerprint density at radius 2 is 1.97 bits per heavy atom. The maximum Gasteiger partial charge on any atom is 0.249 e. The molecule has 0 radical (unpaired) electrons. The molecule has 1 amide bonds. The number of nitrogens with zero attached hydrogens (tertiary/aromatic N) is 2. The van der Waals surface area contributed by atoms with Crippen LogP contribution in [0.2, 0.25) is 0 Å². The van der Waals surface area contributed by atoms with Crippen LogP contribution in [0.15, 0.2) is 6.20 Å². The van der Waals surface area contributed by atoms with Crippen LogP contribution in [-0.2, 0) is 29.0 Å². The smallest absolute Gasteiger partial charge is 0.249 e. The minimum absolute atomic E-state index is 0.0375. The van der Waals surface area contributed by atoms with E-state index in [1.807, 2.05) is 0 Å². The normalized spacial score (nSPS) is 37.4. The Morgan fingerprint density at radius 1 is 1.20 bits per heavy atom. The van der Waals surface area contributed by atoms with Gasteiger partial charge in [-0.3, -0.25) is 14.7 Å². The second kappa shape index (κ2) is 7.59. The molecule has 4 bridgehead atoms. The van der Waals surface area contributed by atoms with E-state index in [1.54, 1.807) is 0 Å². The number of amides is 1. The Morgan fingerprint density at radius 3 is 2.67 bits per heavy atom. The average Bonchev–Trinajstić information content (AvgIpc) is 3.27. The third kappa shape index (κ3) is 3.29. The number of carbonyl (C=O) groups excluding carboxylic acids is 1. The molecule has 3 heterocycles. The minimum atomic E-state index is -0.259. The summed E-state index contributed by atoms with van der Waals surface area (Å²) < 4.78 is 5.54. The van der Waals surface area contributed by atoms with E-state index in [0.29, 0.717) is 13.2 Å². The standard InChI is InChI=1S/C25H35N3O2/c1-15-22(13-27-25(29)23-3-2-6-30-23)21-4-5-28(14-20(21)12-26-15)24-18-8-16-7-17(10-18)11-19(24)9-16/h12,16-19,23-24H,2-11,13-14H2,1H3,(H,27,29). The van der Waals surface area contributed by atoms with Gasteiger partial charge in [-0.2, -0.15) is 0 Å². The van der Waals surface area contributed by atoms with Gasteiger partial charge in [0.1, 0.15) is 6.10 Å². The zero-order valence-corrected chi connectivity index (χ0v) is 18.2. The average molecular weight is 410 g/mol. The Bertz CT molecular complexity index is 804. The zero-order chi connectivity index (χ0) is 20.2. The molecule has 4 aliphatic carbocycles. The Hall–Kier alpha value is -1.46. The van der Waals surface area contributed by atoms with Gasteiger partial charge in [-0.05, 0) is 98.7 Å². The molecule has 5 nitrogen and oxygen atoms in total. The van der Waals surface area contributed by atoms with Crippen LogP contribution in [0.3, 0.4) is 0 Å². The predicted molar refractivity (Wildman–Crippen MR) is 115 cm³/mol. The van der Waals surface area contributed by atoms with Gasteiger partial charge in [0.2, 0.25) is 5.91 Å². The molecule has 6 aliphatic rings. The van der Waals surface area contributed by atoms with Gasteiger partial charge in [0.15, 0.2) is 0 Å². The number of hydrogen-bond donors (Lipinski definition) is 1.